The summed E-state index contributed by atoms with van der Waals surface area (Å²) in [4.78, 5) is 28.3. The molecule has 0 saturated heterocycles. The molecule has 2 aromatic heterocycles. The van der Waals surface area contributed by atoms with Gasteiger partial charge in [-0.1, -0.05) is 29.5 Å². The molecule has 4 aromatic rings. The number of ether oxygens (including phenoxy) is 3. The van der Waals surface area contributed by atoms with Crippen LogP contribution >= 0.6 is 11.3 Å². The van der Waals surface area contributed by atoms with E-state index in [4.69, 9.17) is 18.6 Å². The molecule has 5 rings (SSSR count). The van der Waals surface area contributed by atoms with Crippen LogP contribution < -0.4 is 19.1 Å². The van der Waals surface area contributed by atoms with Gasteiger partial charge in [0.05, 0.1) is 32.9 Å². The fraction of sp³-hybridized carbons (Fsp3) is 0.200. The normalized spacial score (nSPS) is 15.6. The van der Waals surface area contributed by atoms with Crippen LogP contribution in [0, 0.1) is 6.92 Å². The topological polar surface area (TPSA) is 124 Å². The molecule has 36 heavy (non-hydrogen) atoms. The zero-order chi connectivity index (χ0) is 25.6. The Morgan fingerprint density at radius 2 is 1.78 bits per heavy atom. The minimum absolute atomic E-state index is 0.0513. The standard InChI is InChI=1S/C25H21N3O7S/c1-12-26-27-25(36-12)28-20(13-8-9-15(32-2)17(10-13)34-4)19(22(30)24(28)31)21(29)18-11-14-6-5-7-16(33-3)23(14)35-18/h5-11,20,30H,1-4H3. The van der Waals surface area contributed by atoms with Gasteiger partial charge in [-0.05, 0) is 36.8 Å². The molecule has 1 N–H and O–H groups in total. The highest BCUT2D eigenvalue weighted by molar-refractivity contribution is 7.15. The summed E-state index contributed by atoms with van der Waals surface area (Å²) in [6, 6.07) is 10.8. The minimum Gasteiger partial charge on any atom is -0.503 e. The van der Waals surface area contributed by atoms with Crippen LogP contribution in [-0.4, -0.2) is 48.3 Å². The van der Waals surface area contributed by atoms with Crippen LogP contribution in [0.1, 0.15) is 27.2 Å². The first kappa shape index (κ1) is 23.4. The highest BCUT2D eigenvalue weighted by Gasteiger charge is 2.47. The molecule has 0 fully saturated rings. The van der Waals surface area contributed by atoms with E-state index in [2.05, 4.69) is 10.2 Å². The molecule has 1 aliphatic rings. The van der Waals surface area contributed by atoms with E-state index in [1.54, 1.807) is 49.4 Å². The van der Waals surface area contributed by atoms with E-state index in [-0.39, 0.29) is 16.5 Å². The number of rotatable bonds is 7. The number of carbonyl (C=O) groups is 2. The summed E-state index contributed by atoms with van der Waals surface area (Å²) in [6.45, 7) is 1.74. The zero-order valence-electron chi connectivity index (χ0n) is 19.8. The van der Waals surface area contributed by atoms with Crippen LogP contribution in [0.15, 0.2) is 58.2 Å². The Morgan fingerprint density at radius 1 is 1.03 bits per heavy atom. The predicted molar refractivity (Wildman–Crippen MR) is 131 cm³/mol. The Labute approximate surface area is 209 Å². The average molecular weight is 508 g/mol. The van der Waals surface area contributed by atoms with Crippen molar-refractivity contribution in [3.05, 3.63) is 70.1 Å². The molecule has 1 unspecified atom stereocenters. The molecular weight excluding hydrogens is 486 g/mol. The number of aromatic nitrogens is 2. The predicted octanol–water partition coefficient (Wildman–Crippen LogP) is 4.40. The van der Waals surface area contributed by atoms with Crippen molar-refractivity contribution < 1.29 is 33.3 Å². The van der Waals surface area contributed by atoms with Crippen molar-refractivity contribution in [3.8, 4) is 17.2 Å². The number of amides is 1. The molecule has 0 radical (unpaired) electrons. The number of furan rings is 1. The van der Waals surface area contributed by atoms with E-state index in [0.29, 0.717) is 38.8 Å². The van der Waals surface area contributed by atoms with Crippen LogP contribution in [0.5, 0.6) is 17.2 Å². The van der Waals surface area contributed by atoms with Gasteiger partial charge in [0.15, 0.2) is 34.4 Å². The smallest absolute Gasteiger partial charge is 0.296 e. The van der Waals surface area contributed by atoms with Crippen molar-refractivity contribution in [3.63, 3.8) is 0 Å². The highest BCUT2D eigenvalue weighted by atomic mass is 32.1. The summed E-state index contributed by atoms with van der Waals surface area (Å²) < 4.78 is 21.9. The lowest BCUT2D eigenvalue weighted by Gasteiger charge is -2.24. The van der Waals surface area contributed by atoms with E-state index >= 15 is 0 Å². The molecular formula is C25H21N3O7S. The molecule has 0 saturated carbocycles. The van der Waals surface area contributed by atoms with Crippen molar-refractivity contribution in [1.29, 1.82) is 0 Å². The van der Waals surface area contributed by atoms with Gasteiger partial charge in [-0.15, -0.1) is 10.2 Å². The number of ketones is 1. The molecule has 0 spiro atoms. The van der Waals surface area contributed by atoms with Gasteiger partial charge in [0.25, 0.3) is 5.91 Å². The third-order valence-electron chi connectivity index (χ3n) is 5.85. The Morgan fingerprint density at radius 3 is 2.44 bits per heavy atom. The molecule has 0 bridgehead atoms. The second-order valence-electron chi connectivity index (χ2n) is 7.88. The first-order valence-corrected chi connectivity index (χ1v) is 11.6. The molecule has 3 heterocycles. The van der Waals surface area contributed by atoms with E-state index in [9.17, 15) is 14.7 Å². The fourth-order valence-electron chi connectivity index (χ4n) is 4.20. The number of Topliss-reactive ketones (excluding diaryl/α,β-unsaturated/α-hetero) is 1. The number of para-hydroxylation sites is 1. The Bertz CT molecular complexity index is 1540. The number of fused-ring (bicyclic) bond motifs is 1. The van der Waals surface area contributed by atoms with Gasteiger partial charge in [-0.3, -0.25) is 14.5 Å². The Hall–Kier alpha value is -4.38. The van der Waals surface area contributed by atoms with Crippen molar-refractivity contribution in [1.82, 2.24) is 10.2 Å². The maximum atomic E-state index is 13.8. The average Bonchev–Trinajstić information content (AvgIpc) is 3.59. The van der Waals surface area contributed by atoms with Gasteiger partial charge in [0.2, 0.25) is 10.9 Å². The molecule has 0 aliphatic carbocycles. The van der Waals surface area contributed by atoms with Gasteiger partial charge >= 0.3 is 0 Å². The summed E-state index contributed by atoms with van der Waals surface area (Å²) >= 11 is 1.16. The van der Waals surface area contributed by atoms with Crippen LogP contribution in [-0.2, 0) is 4.79 Å². The molecule has 11 heteroatoms. The summed E-state index contributed by atoms with van der Waals surface area (Å²) in [5, 5.41) is 20.5. The quantitative estimate of drug-likeness (QED) is 0.362. The number of anilines is 1. The SMILES string of the molecule is COc1ccc(C2C(C(=O)c3cc4cccc(OC)c4o3)=C(O)C(=O)N2c2nnc(C)s2)cc1OC. The Kier molecular flexibility index (Phi) is 5.84. The molecule has 1 atom stereocenters. The maximum Gasteiger partial charge on any atom is 0.296 e. The number of aliphatic hydroxyl groups is 1. The maximum absolute atomic E-state index is 13.8. The van der Waals surface area contributed by atoms with Crippen LogP contribution in [0.3, 0.4) is 0 Å². The second kappa shape index (κ2) is 9.00. The summed E-state index contributed by atoms with van der Waals surface area (Å²) in [5.74, 6) is -0.859. The van der Waals surface area contributed by atoms with Crippen molar-refractivity contribution >= 4 is 39.1 Å². The third kappa shape index (κ3) is 3.64. The number of aryl methyl sites for hydroxylation is 1. The van der Waals surface area contributed by atoms with Crippen molar-refractivity contribution in [2.45, 2.75) is 13.0 Å². The summed E-state index contributed by atoms with van der Waals surface area (Å²) in [7, 11) is 4.48. The van der Waals surface area contributed by atoms with Crippen LogP contribution in [0.4, 0.5) is 5.13 Å². The number of benzene rings is 2. The van der Waals surface area contributed by atoms with E-state index < -0.39 is 23.5 Å². The van der Waals surface area contributed by atoms with Crippen molar-refractivity contribution in [2.24, 2.45) is 0 Å². The van der Waals surface area contributed by atoms with E-state index in [0.717, 1.165) is 11.3 Å². The molecule has 1 aliphatic heterocycles. The second-order valence-corrected chi connectivity index (χ2v) is 9.04. The number of methoxy groups -OCH3 is 3. The summed E-state index contributed by atoms with van der Waals surface area (Å²) in [6.07, 6.45) is 0. The minimum atomic E-state index is -1.02. The molecule has 184 valence electrons. The summed E-state index contributed by atoms with van der Waals surface area (Å²) in [5.41, 5.74) is 0.722. The van der Waals surface area contributed by atoms with Gasteiger partial charge < -0.3 is 23.7 Å². The molecule has 10 nitrogen and oxygen atoms in total. The van der Waals surface area contributed by atoms with Gasteiger partial charge in [0.1, 0.15) is 5.01 Å². The van der Waals surface area contributed by atoms with Crippen LogP contribution in [0.2, 0.25) is 0 Å². The van der Waals surface area contributed by atoms with E-state index in [1.165, 1.54) is 26.2 Å². The molecule has 1 amide bonds. The Balaban J connectivity index is 1.68. The number of nitrogens with zero attached hydrogens (tertiary/aromatic N) is 3. The van der Waals surface area contributed by atoms with Crippen LogP contribution in [0.25, 0.3) is 11.0 Å². The van der Waals surface area contributed by atoms with Crippen molar-refractivity contribution in [2.75, 3.05) is 26.2 Å². The first-order chi connectivity index (χ1) is 17.4. The monoisotopic (exact) mass is 507 g/mol. The third-order valence-corrected chi connectivity index (χ3v) is 6.69. The zero-order valence-corrected chi connectivity index (χ0v) is 20.6. The number of carbonyl (C=O) groups excluding carboxylic acids is 2. The van der Waals surface area contributed by atoms with E-state index in [1.807, 2.05) is 0 Å². The number of hydrogen-bond acceptors (Lipinski definition) is 10. The number of hydrogen-bond donors (Lipinski definition) is 1. The van der Waals surface area contributed by atoms with Gasteiger partial charge in [-0.25, -0.2) is 0 Å². The number of aliphatic hydroxyl groups excluding tert-OH is 1. The lowest BCUT2D eigenvalue weighted by Crippen LogP contribution is -2.31. The first-order valence-electron chi connectivity index (χ1n) is 10.8. The van der Waals surface area contributed by atoms with Gasteiger partial charge in [-0.2, -0.15) is 0 Å². The lowest BCUT2D eigenvalue weighted by molar-refractivity contribution is -0.117. The molecule has 2 aromatic carbocycles. The highest BCUT2D eigenvalue weighted by Crippen LogP contribution is 2.45. The van der Waals surface area contributed by atoms with Gasteiger partial charge in [0, 0.05) is 5.39 Å². The lowest BCUT2D eigenvalue weighted by atomic mass is 9.95. The fourth-order valence-corrected chi connectivity index (χ4v) is 4.91. The largest absolute Gasteiger partial charge is 0.503 e.